The van der Waals surface area contributed by atoms with Crippen LogP contribution in [0.4, 0.5) is 0 Å². The van der Waals surface area contributed by atoms with Gasteiger partial charge in [0.15, 0.2) is 0 Å². The molecule has 0 bridgehead atoms. The van der Waals surface area contributed by atoms with E-state index in [2.05, 4.69) is 35.9 Å². The lowest BCUT2D eigenvalue weighted by atomic mass is 9.97. The second-order valence-corrected chi connectivity index (χ2v) is 5.43. The van der Waals surface area contributed by atoms with Crippen LogP contribution in [0, 0.1) is 13.8 Å². The number of methoxy groups -OCH3 is 1. The summed E-state index contributed by atoms with van der Waals surface area (Å²) in [5, 5.41) is 4.93. The summed E-state index contributed by atoms with van der Waals surface area (Å²) in [5.74, 6) is 0.879. The van der Waals surface area contributed by atoms with E-state index in [0.29, 0.717) is 0 Å². The van der Waals surface area contributed by atoms with Crippen LogP contribution in [0.1, 0.15) is 11.1 Å². The third-order valence-corrected chi connectivity index (χ3v) is 4.39. The van der Waals surface area contributed by atoms with E-state index in [1.54, 1.807) is 7.11 Å². The summed E-state index contributed by atoms with van der Waals surface area (Å²) < 4.78 is 5.49. The Morgan fingerprint density at radius 2 is 1.81 bits per heavy atom. The summed E-state index contributed by atoms with van der Waals surface area (Å²) in [5.41, 5.74) is 4.76. The number of rotatable bonds is 1. The maximum Gasteiger partial charge on any atom is 0.142 e. The lowest BCUT2D eigenvalue weighted by Crippen LogP contribution is -1.87. The molecule has 0 radical (unpaired) electrons. The molecule has 3 heteroatoms. The topological polar surface area (TPSA) is 37.9 Å². The van der Waals surface area contributed by atoms with Gasteiger partial charge in [0.05, 0.1) is 18.1 Å². The fourth-order valence-electron chi connectivity index (χ4n) is 3.32. The SMILES string of the molecule is COc1cccc2c1[nH]c1c(C)c3ccncc3c(C)c12. The first kappa shape index (κ1) is 12.2. The van der Waals surface area contributed by atoms with Gasteiger partial charge in [-0.15, -0.1) is 0 Å². The number of aromatic nitrogens is 2. The van der Waals surface area contributed by atoms with E-state index in [1.165, 1.54) is 38.2 Å². The quantitative estimate of drug-likeness (QED) is 0.556. The average Bonchev–Trinajstić information content (AvgIpc) is 2.92. The minimum atomic E-state index is 0.879. The molecule has 0 aliphatic rings. The molecule has 0 atom stereocenters. The number of nitrogens with one attached hydrogen (secondary N) is 1. The van der Waals surface area contributed by atoms with Crippen LogP contribution in [0.5, 0.6) is 5.75 Å². The van der Waals surface area contributed by atoms with Crippen molar-refractivity contribution in [3.8, 4) is 5.75 Å². The zero-order chi connectivity index (χ0) is 14.6. The highest BCUT2D eigenvalue weighted by Crippen LogP contribution is 2.38. The fraction of sp³-hybridized carbons (Fsp3) is 0.167. The van der Waals surface area contributed by atoms with Crippen molar-refractivity contribution in [2.45, 2.75) is 13.8 Å². The molecule has 21 heavy (non-hydrogen) atoms. The number of aromatic amines is 1. The van der Waals surface area contributed by atoms with Crippen molar-refractivity contribution in [2.24, 2.45) is 0 Å². The van der Waals surface area contributed by atoms with Gasteiger partial charge in [-0.05, 0) is 42.5 Å². The Hall–Kier alpha value is -2.55. The number of H-pyrrole nitrogens is 1. The Morgan fingerprint density at radius 3 is 2.62 bits per heavy atom. The van der Waals surface area contributed by atoms with Gasteiger partial charge in [-0.1, -0.05) is 12.1 Å². The van der Waals surface area contributed by atoms with Crippen LogP contribution < -0.4 is 4.74 Å². The Labute approximate surface area is 122 Å². The highest BCUT2D eigenvalue weighted by molar-refractivity contribution is 6.17. The van der Waals surface area contributed by atoms with E-state index in [0.717, 1.165) is 11.3 Å². The Bertz CT molecular complexity index is 999. The number of hydrogen-bond acceptors (Lipinski definition) is 2. The molecule has 2 heterocycles. The highest BCUT2D eigenvalue weighted by atomic mass is 16.5. The van der Waals surface area contributed by atoms with Crippen molar-refractivity contribution in [3.63, 3.8) is 0 Å². The first-order valence-corrected chi connectivity index (χ1v) is 7.03. The number of hydrogen-bond donors (Lipinski definition) is 1. The third kappa shape index (κ3) is 1.51. The highest BCUT2D eigenvalue weighted by Gasteiger charge is 2.15. The molecule has 0 saturated heterocycles. The summed E-state index contributed by atoms with van der Waals surface area (Å²) in [6, 6.07) is 8.26. The zero-order valence-electron chi connectivity index (χ0n) is 12.3. The van der Waals surface area contributed by atoms with Crippen molar-refractivity contribution in [1.29, 1.82) is 0 Å². The van der Waals surface area contributed by atoms with Gasteiger partial charge in [0.25, 0.3) is 0 Å². The molecule has 104 valence electrons. The summed E-state index contributed by atoms with van der Waals surface area (Å²) in [6.45, 7) is 4.32. The molecular weight excluding hydrogens is 260 g/mol. The molecule has 0 spiro atoms. The van der Waals surface area contributed by atoms with Gasteiger partial charge in [-0.25, -0.2) is 0 Å². The average molecular weight is 276 g/mol. The third-order valence-electron chi connectivity index (χ3n) is 4.39. The van der Waals surface area contributed by atoms with Gasteiger partial charge in [-0.3, -0.25) is 4.98 Å². The molecule has 0 aliphatic carbocycles. The van der Waals surface area contributed by atoms with Crippen molar-refractivity contribution in [1.82, 2.24) is 9.97 Å². The van der Waals surface area contributed by atoms with Crippen LogP contribution in [0.2, 0.25) is 0 Å². The van der Waals surface area contributed by atoms with E-state index in [-0.39, 0.29) is 0 Å². The summed E-state index contributed by atoms with van der Waals surface area (Å²) in [4.78, 5) is 7.84. The van der Waals surface area contributed by atoms with Crippen LogP contribution >= 0.6 is 0 Å². The van der Waals surface area contributed by atoms with Gasteiger partial charge in [0.1, 0.15) is 5.75 Å². The second-order valence-electron chi connectivity index (χ2n) is 5.43. The predicted molar refractivity (Wildman–Crippen MR) is 87.1 cm³/mol. The van der Waals surface area contributed by atoms with Gasteiger partial charge in [-0.2, -0.15) is 0 Å². The number of benzene rings is 2. The van der Waals surface area contributed by atoms with E-state index in [4.69, 9.17) is 4.74 Å². The molecule has 0 amide bonds. The summed E-state index contributed by atoms with van der Waals surface area (Å²) >= 11 is 0. The standard InChI is InChI=1S/C18H16N2O/c1-10-14-9-19-8-7-12(14)11(2)17-16(10)13-5-4-6-15(21-3)18(13)20-17/h4-9,20H,1-3H3. The molecule has 0 saturated carbocycles. The molecule has 0 fully saturated rings. The molecule has 1 N–H and O–H groups in total. The van der Waals surface area contributed by atoms with Crippen LogP contribution in [-0.2, 0) is 0 Å². The molecule has 2 aromatic heterocycles. The Balaban J connectivity index is 2.33. The van der Waals surface area contributed by atoms with Crippen molar-refractivity contribution in [3.05, 3.63) is 47.8 Å². The second kappa shape index (κ2) is 4.22. The first-order valence-electron chi connectivity index (χ1n) is 7.03. The van der Waals surface area contributed by atoms with Crippen LogP contribution in [0.15, 0.2) is 36.7 Å². The Morgan fingerprint density at radius 1 is 0.952 bits per heavy atom. The molecule has 4 rings (SSSR count). The number of aryl methyl sites for hydroxylation is 2. The number of pyridine rings is 1. The number of para-hydroxylation sites is 1. The number of ether oxygens (including phenoxy) is 1. The zero-order valence-corrected chi connectivity index (χ0v) is 12.3. The minimum absolute atomic E-state index is 0.879. The first-order chi connectivity index (χ1) is 10.2. The van der Waals surface area contributed by atoms with E-state index in [1.807, 2.05) is 24.5 Å². The maximum atomic E-state index is 5.49. The van der Waals surface area contributed by atoms with E-state index >= 15 is 0 Å². The van der Waals surface area contributed by atoms with Gasteiger partial charge < -0.3 is 9.72 Å². The van der Waals surface area contributed by atoms with Gasteiger partial charge in [0, 0.05) is 28.6 Å². The molecule has 0 unspecified atom stereocenters. The summed E-state index contributed by atoms with van der Waals surface area (Å²) in [6.07, 6.45) is 3.81. The van der Waals surface area contributed by atoms with E-state index < -0.39 is 0 Å². The molecule has 2 aromatic carbocycles. The monoisotopic (exact) mass is 276 g/mol. The summed E-state index contributed by atoms with van der Waals surface area (Å²) in [7, 11) is 1.71. The molecule has 0 aliphatic heterocycles. The largest absolute Gasteiger partial charge is 0.495 e. The predicted octanol–water partition coefficient (Wildman–Crippen LogP) is 4.49. The van der Waals surface area contributed by atoms with Crippen LogP contribution in [-0.4, -0.2) is 17.1 Å². The van der Waals surface area contributed by atoms with Crippen molar-refractivity contribution in [2.75, 3.05) is 7.11 Å². The molecule has 3 nitrogen and oxygen atoms in total. The molecular formula is C18H16N2O. The smallest absolute Gasteiger partial charge is 0.142 e. The van der Waals surface area contributed by atoms with Crippen LogP contribution in [0.3, 0.4) is 0 Å². The number of fused-ring (bicyclic) bond motifs is 4. The fourth-order valence-corrected chi connectivity index (χ4v) is 3.32. The van der Waals surface area contributed by atoms with Gasteiger partial charge in [0.2, 0.25) is 0 Å². The number of nitrogens with zero attached hydrogens (tertiary/aromatic N) is 1. The van der Waals surface area contributed by atoms with E-state index in [9.17, 15) is 0 Å². The lowest BCUT2D eigenvalue weighted by molar-refractivity contribution is 0.419. The van der Waals surface area contributed by atoms with Crippen molar-refractivity contribution < 1.29 is 4.74 Å². The molecule has 4 aromatic rings. The normalized spacial score (nSPS) is 11.6. The van der Waals surface area contributed by atoms with Crippen LogP contribution in [0.25, 0.3) is 32.6 Å². The minimum Gasteiger partial charge on any atom is -0.495 e. The Kier molecular flexibility index (Phi) is 2.45. The van der Waals surface area contributed by atoms with Gasteiger partial charge >= 0.3 is 0 Å². The van der Waals surface area contributed by atoms with Crippen molar-refractivity contribution >= 4 is 32.6 Å². The lowest BCUT2D eigenvalue weighted by Gasteiger charge is -2.08. The maximum absolute atomic E-state index is 5.49.